The van der Waals surface area contributed by atoms with Crippen molar-refractivity contribution >= 4 is 44.6 Å². The molecule has 0 N–H and O–H groups in total. The maximum atomic E-state index is 14.5. The van der Waals surface area contributed by atoms with Crippen molar-refractivity contribution in [2.24, 2.45) is 0 Å². The average molecular weight is 1110 g/mol. The van der Waals surface area contributed by atoms with Gasteiger partial charge in [-0.3, -0.25) is 0 Å². The van der Waals surface area contributed by atoms with Crippen molar-refractivity contribution in [3.63, 3.8) is 0 Å². The Morgan fingerprint density at radius 1 is 0.318 bits per heavy atom. The minimum absolute atomic E-state index is 0.0502. The third-order valence-electron chi connectivity index (χ3n) is 14.4. The van der Waals surface area contributed by atoms with Crippen LogP contribution in [0.3, 0.4) is 0 Å². The second-order valence-electron chi connectivity index (χ2n) is 19.7. The van der Waals surface area contributed by atoms with Crippen molar-refractivity contribution in [2.45, 2.75) is 12.4 Å². The average Bonchev–Trinajstić information content (AvgIpc) is 1.80. The quantitative estimate of drug-likeness (QED) is 0.111. The Kier molecular flexibility index (Phi) is 13.8. The van der Waals surface area contributed by atoms with E-state index in [1.807, 2.05) is 48.5 Å². The first-order valence-electron chi connectivity index (χ1n) is 25.4. The van der Waals surface area contributed by atoms with E-state index >= 15 is 0 Å². The molecule has 0 aliphatic heterocycles. The number of hydrogen-bond acceptors (Lipinski definition) is 4. The molecule has 11 rings (SSSR count). The van der Waals surface area contributed by atoms with Crippen LogP contribution in [0.2, 0.25) is 0 Å². The van der Waals surface area contributed by atoms with Crippen LogP contribution in [-0.4, -0.2) is 4.57 Å². The fraction of sp³-hybridized carbons (Fsp3) is 0.0286. The first-order valence-corrected chi connectivity index (χ1v) is 25.4. The summed E-state index contributed by atoms with van der Waals surface area (Å²) in [6.45, 7) is 31.2. The minimum Gasteiger partial charge on any atom is -0.309 e. The first-order chi connectivity index (χ1) is 40.9. The van der Waals surface area contributed by atoms with Crippen LogP contribution < -0.4 is 0 Å². The zero-order chi connectivity index (χ0) is 59.9. The molecular formula is C70H31F6N9. The Bertz CT molecular complexity index is 4440. The summed E-state index contributed by atoms with van der Waals surface area (Å²) < 4.78 is 88.7. The molecule has 0 bridgehead atoms. The molecule has 10 aromatic carbocycles. The lowest BCUT2D eigenvalue weighted by Gasteiger charge is -2.18. The van der Waals surface area contributed by atoms with Crippen LogP contribution in [0.4, 0.5) is 49.1 Å². The minimum atomic E-state index is -5.13. The normalized spacial score (nSPS) is 11.1. The van der Waals surface area contributed by atoms with Crippen LogP contribution in [0.5, 0.6) is 0 Å². The second-order valence-corrected chi connectivity index (χ2v) is 19.7. The lowest BCUT2D eigenvalue weighted by molar-refractivity contribution is -0.143. The number of fused-ring (bicyclic) bond motifs is 3. The molecule has 0 fully saturated rings. The molecule has 11 aromatic rings. The number of para-hydroxylation sites is 1. The highest BCUT2D eigenvalue weighted by atomic mass is 19.4. The molecule has 1 heterocycles. The van der Waals surface area contributed by atoms with Crippen molar-refractivity contribution in [1.29, 1.82) is 21.0 Å². The number of aromatic nitrogens is 1. The lowest BCUT2D eigenvalue weighted by Crippen LogP contribution is -2.11. The van der Waals surface area contributed by atoms with Gasteiger partial charge in [0.15, 0.2) is 22.7 Å². The zero-order valence-electron chi connectivity index (χ0n) is 43.7. The highest BCUT2D eigenvalue weighted by Crippen LogP contribution is 2.45. The number of rotatable bonds is 8. The molecule has 0 amide bonds. The van der Waals surface area contributed by atoms with Crippen molar-refractivity contribution < 1.29 is 26.3 Å². The summed E-state index contributed by atoms with van der Waals surface area (Å²) in [5, 5.41) is 41.2. The summed E-state index contributed by atoms with van der Waals surface area (Å²) in [6, 6.07) is 57.1. The van der Waals surface area contributed by atoms with Gasteiger partial charge in [0, 0.05) is 27.5 Å². The predicted octanol–water partition coefficient (Wildman–Crippen LogP) is 20.2. The smallest absolute Gasteiger partial charge is 0.309 e. The summed E-state index contributed by atoms with van der Waals surface area (Å²) >= 11 is 0. The summed E-state index contributed by atoms with van der Waals surface area (Å²) in [7, 11) is 0. The molecular weight excluding hydrogens is 1080 g/mol. The molecule has 85 heavy (non-hydrogen) atoms. The molecule has 0 atom stereocenters. The van der Waals surface area contributed by atoms with Gasteiger partial charge in [-0.15, -0.1) is 0 Å². The van der Waals surface area contributed by atoms with Crippen molar-refractivity contribution in [2.75, 3.05) is 0 Å². The topological polar surface area (TPSA) is 118 Å². The standard InChI is InChI=1S/C70H31F6N9/c1-81-59-18-42(38-79)16-47(28-59)52-21-49(20-51(24-52)46-14-40(36-77)13-41(15-46)37-78)44-9-11-67-64(32-44)65-33-45(10-12-68(65)85(67)66-8-6-5-7-63(66)56-26-57(69(71,72)73)34-58(27-56)70(74,75)76)50-22-53(48-17-43(39-80)19-60(29-48)82-2)25-54(23-50)55-30-61(83-3)35-62(31-55)84-4/h5-35H. The van der Waals surface area contributed by atoms with E-state index in [4.69, 9.17) is 26.3 Å². The van der Waals surface area contributed by atoms with Crippen LogP contribution >= 0.6 is 0 Å². The Morgan fingerprint density at radius 2 is 0.647 bits per heavy atom. The number of nitriles is 4. The number of alkyl halides is 6. The molecule has 0 spiro atoms. The molecule has 0 aliphatic rings. The van der Waals surface area contributed by atoms with Crippen LogP contribution in [0.25, 0.3) is 125 Å². The maximum Gasteiger partial charge on any atom is 0.416 e. The third-order valence-corrected chi connectivity index (χ3v) is 14.4. The highest BCUT2D eigenvalue weighted by molar-refractivity contribution is 6.12. The third kappa shape index (κ3) is 10.6. The van der Waals surface area contributed by atoms with E-state index in [9.17, 15) is 47.4 Å². The first kappa shape index (κ1) is 54.5. The van der Waals surface area contributed by atoms with E-state index in [-0.39, 0.29) is 67.9 Å². The monoisotopic (exact) mass is 1110 g/mol. The molecule has 0 radical (unpaired) electrons. The Labute approximate surface area is 481 Å². The summed E-state index contributed by atoms with van der Waals surface area (Å²) in [6.07, 6.45) is -10.3. The molecule has 1 aromatic heterocycles. The van der Waals surface area contributed by atoms with Gasteiger partial charge >= 0.3 is 12.4 Å². The molecule has 0 saturated heterocycles. The van der Waals surface area contributed by atoms with Crippen molar-refractivity contribution in [3.8, 4) is 108 Å². The van der Waals surface area contributed by atoms with Crippen molar-refractivity contribution in [3.05, 3.63) is 267 Å². The largest absolute Gasteiger partial charge is 0.416 e. The molecule has 15 heteroatoms. The second kappa shape index (κ2) is 21.5. The van der Waals surface area contributed by atoms with Gasteiger partial charge in [-0.05, 0) is 212 Å². The molecule has 0 unspecified atom stereocenters. The Hall–Kier alpha value is -12.5. The van der Waals surface area contributed by atoms with Gasteiger partial charge in [-0.25, -0.2) is 19.4 Å². The van der Waals surface area contributed by atoms with E-state index < -0.39 is 23.5 Å². The fourth-order valence-corrected chi connectivity index (χ4v) is 10.5. The van der Waals surface area contributed by atoms with Crippen LogP contribution in [-0.2, 0) is 12.4 Å². The van der Waals surface area contributed by atoms with Crippen LogP contribution in [0, 0.1) is 71.6 Å². The summed E-state index contributed by atoms with van der Waals surface area (Å²) in [5.41, 5.74) is 6.48. The number of halogens is 6. The van der Waals surface area contributed by atoms with Gasteiger partial charge in [0.2, 0.25) is 0 Å². The fourth-order valence-electron chi connectivity index (χ4n) is 10.5. The Balaban J connectivity index is 1.21. The molecule has 0 saturated carbocycles. The van der Waals surface area contributed by atoms with Crippen LogP contribution in [0.1, 0.15) is 33.4 Å². The van der Waals surface area contributed by atoms with Crippen molar-refractivity contribution in [1.82, 2.24) is 4.57 Å². The molecule has 9 nitrogen and oxygen atoms in total. The number of benzene rings is 10. The van der Waals surface area contributed by atoms with Gasteiger partial charge in [0.05, 0.1) is 89.5 Å². The maximum absolute atomic E-state index is 14.5. The van der Waals surface area contributed by atoms with E-state index in [1.165, 1.54) is 36.4 Å². The van der Waals surface area contributed by atoms with Gasteiger partial charge < -0.3 is 4.57 Å². The van der Waals surface area contributed by atoms with E-state index in [1.54, 1.807) is 89.5 Å². The zero-order valence-corrected chi connectivity index (χ0v) is 43.7. The summed E-state index contributed by atoms with van der Waals surface area (Å²) in [5.74, 6) is 0. The summed E-state index contributed by atoms with van der Waals surface area (Å²) in [4.78, 5) is 14.4. The van der Waals surface area contributed by atoms with Gasteiger partial charge in [-0.2, -0.15) is 47.4 Å². The number of hydrogen-bond donors (Lipinski definition) is 0. The van der Waals surface area contributed by atoms with Gasteiger partial charge in [-0.1, -0.05) is 48.5 Å². The predicted molar refractivity (Wildman–Crippen MR) is 313 cm³/mol. The van der Waals surface area contributed by atoms with E-state index in [0.29, 0.717) is 101 Å². The Morgan fingerprint density at radius 3 is 1.02 bits per heavy atom. The molecule has 398 valence electrons. The number of nitrogens with zero attached hydrogens (tertiary/aromatic N) is 9. The van der Waals surface area contributed by atoms with E-state index in [2.05, 4.69) is 43.7 Å². The van der Waals surface area contributed by atoms with Gasteiger partial charge in [0.25, 0.3) is 0 Å². The highest BCUT2D eigenvalue weighted by Gasteiger charge is 2.37. The SMILES string of the molecule is [C-]#[N+]c1cc(C#N)cc(-c2cc(-c3cc(C#N)cc(C#N)c3)cc(-c3ccc4c(c3)c3cc(-c5cc(-c6cc(C#N)cc([N+]#[C-])c6)cc(-c6cc([N+]#[C-])cc([N+]#[C-])c6)c5)ccc3n4-c3ccccc3-c3cc(C(F)(F)F)cc(C(F)(F)F)c3)c2)c1. The molecule has 0 aliphatic carbocycles. The lowest BCUT2D eigenvalue weighted by atomic mass is 9.91. The van der Waals surface area contributed by atoms with E-state index in [0.717, 1.165) is 0 Å². The van der Waals surface area contributed by atoms with Gasteiger partial charge in [0.1, 0.15) is 0 Å². The van der Waals surface area contributed by atoms with Crippen LogP contribution in [0.15, 0.2) is 188 Å².